The first kappa shape index (κ1) is 17.7. The van der Waals surface area contributed by atoms with Gasteiger partial charge < -0.3 is 10.1 Å². The number of nitrogens with one attached hydrogen (secondary N) is 1. The molecule has 0 spiro atoms. The molecule has 0 aliphatic heterocycles. The minimum atomic E-state index is -0.139. The van der Waals surface area contributed by atoms with E-state index in [9.17, 15) is 4.79 Å². The minimum Gasteiger partial charge on any atom is -0.457 e. The molecule has 0 saturated heterocycles. The Morgan fingerprint density at radius 2 is 1.35 bits per heavy atom. The first-order valence-electron chi connectivity index (χ1n) is 8.67. The molecule has 0 unspecified atom stereocenters. The van der Waals surface area contributed by atoms with Crippen molar-refractivity contribution in [1.29, 1.82) is 0 Å². The Morgan fingerprint density at radius 1 is 0.769 bits per heavy atom. The molecule has 0 fully saturated rings. The van der Waals surface area contributed by atoms with Crippen molar-refractivity contribution in [3.05, 3.63) is 90.0 Å². The van der Waals surface area contributed by atoms with Crippen molar-refractivity contribution >= 4 is 11.6 Å². The van der Waals surface area contributed by atoms with Gasteiger partial charge in [0.2, 0.25) is 0 Å². The van der Waals surface area contributed by atoms with Crippen molar-refractivity contribution in [2.45, 2.75) is 26.2 Å². The quantitative estimate of drug-likeness (QED) is 0.627. The molecule has 0 heterocycles. The SMILES string of the molecule is CC(C)(C)c1ccc(NC(=O)c2ccc(Oc3ccccc3)cc2)cc1. The lowest BCUT2D eigenvalue weighted by atomic mass is 9.87. The van der Waals surface area contributed by atoms with Gasteiger partial charge in [-0.1, -0.05) is 51.1 Å². The summed E-state index contributed by atoms with van der Waals surface area (Å²) in [5.41, 5.74) is 2.70. The van der Waals surface area contributed by atoms with Crippen molar-refractivity contribution in [2.24, 2.45) is 0 Å². The second-order valence-corrected chi connectivity index (χ2v) is 7.22. The fourth-order valence-corrected chi connectivity index (χ4v) is 2.56. The van der Waals surface area contributed by atoms with Gasteiger partial charge >= 0.3 is 0 Å². The standard InChI is InChI=1S/C23H23NO2/c1-23(2,3)18-11-13-19(14-12-18)24-22(25)17-9-15-21(16-10-17)26-20-7-5-4-6-8-20/h4-16H,1-3H3,(H,24,25). The molecular formula is C23H23NO2. The zero-order chi connectivity index (χ0) is 18.6. The molecule has 1 amide bonds. The fraction of sp³-hybridized carbons (Fsp3) is 0.174. The molecule has 0 radical (unpaired) electrons. The van der Waals surface area contributed by atoms with Gasteiger partial charge in [0, 0.05) is 11.3 Å². The summed E-state index contributed by atoms with van der Waals surface area (Å²) < 4.78 is 5.74. The number of rotatable bonds is 4. The summed E-state index contributed by atoms with van der Waals surface area (Å²) in [6.45, 7) is 6.50. The summed E-state index contributed by atoms with van der Waals surface area (Å²) in [5, 5.41) is 2.93. The third-order valence-corrected chi connectivity index (χ3v) is 4.10. The van der Waals surface area contributed by atoms with E-state index in [1.165, 1.54) is 5.56 Å². The molecule has 0 aliphatic rings. The van der Waals surface area contributed by atoms with Crippen molar-refractivity contribution < 1.29 is 9.53 Å². The zero-order valence-corrected chi connectivity index (χ0v) is 15.3. The van der Waals surface area contributed by atoms with Crippen LogP contribution in [0.5, 0.6) is 11.5 Å². The van der Waals surface area contributed by atoms with Crippen molar-refractivity contribution in [3.8, 4) is 11.5 Å². The van der Waals surface area contributed by atoms with Crippen LogP contribution in [0, 0.1) is 0 Å². The lowest BCUT2D eigenvalue weighted by Gasteiger charge is -2.19. The van der Waals surface area contributed by atoms with E-state index in [4.69, 9.17) is 4.74 Å². The highest BCUT2D eigenvalue weighted by molar-refractivity contribution is 6.04. The predicted molar refractivity (Wildman–Crippen MR) is 106 cm³/mol. The Balaban J connectivity index is 1.64. The zero-order valence-electron chi connectivity index (χ0n) is 15.3. The van der Waals surface area contributed by atoms with E-state index >= 15 is 0 Å². The van der Waals surface area contributed by atoms with Gasteiger partial charge in [-0.2, -0.15) is 0 Å². The molecule has 3 aromatic carbocycles. The lowest BCUT2D eigenvalue weighted by molar-refractivity contribution is 0.102. The normalized spacial score (nSPS) is 11.0. The molecule has 3 nitrogen and oxygen atoms in total. The van der Waals surface area contributed by atoms with E-state index in [1.807, 2.05) is 54.6 Å². The second kappa shape index (κ2) is 7.44. The summed E-state index contributed by atoms with van der Waals surface area (Å²) in [6, 6.07) is 24.6. The van der Waals surface area contributed by atoms with Crippen LogP contribution >= 0.6 is 0 Å². The number of amides is 1. The third-order valence-electron chi connectivity index (χ3n) is 4.10. The number of hydrogen-bond acceptors (Lipinski definition) is 2. The molecule has 3 aromatic rings. The van der Waals surface area contributed by atoms with Crippen LogP contribution in [0.2, 0.25) is 0 Å². The predicted octanol–water partition coefficient (Wildman–Crippen LogP) is 6.03. The van der Waals surface area contributed by atoms with Crippen LogP contribution in [0.25, 0.3) is 0 Å². The van der Waals surface area contributed by atoms with Crippen LogP contribution in [-0.2, 0) is 5.41 Å². The Bertz CT molecular complexity index is 861. The Labute approximate surface area is 154 Å². The molecule has 26 heavy (non-hydrogen) atoms. The van der Waals surface area contributed by atoms with Crippen LogP contribution < -0.4 is 10.1 Å². The average molecular weight is 345 g/mol. The number of carbonyl (C=O) groups is 1. The maximum absolute atomic E-state index is 12.4. The van der Waals surface area contributed by atoms with Gasteiger partial charge in [-0.3, -0.25) is 4.79 Å². The number of hydrogen-bond donors (Lipinski definition) is 1. The van der Waals surface area contributed by atoms with Crippen LogP contribution in [0.3, 0.4) is 0 Å². The monoisotopic (exact) mass is 345 g/mol. The molecular weight excluding hydrogens is 322 g/mol. The van der Waals surface area contributed by atoms with E-state index < -0.39 is 0 Å². The third kappa shape index (κ3) is 4.51. The van der Waals surface area contributed by atoms with Gasteiger partial charge in [-0.25, -0.2) is 0 Å². The molecule has 0 bridgehead atoms. The number of para-hydroxylation sites is 1. The van der Waals surface area contributed by atoms with E-state index in [0.717, 1.165) is 11.4 Å². The summed E-state index contributed by atoms with van der Waals surface area (Å²) in [5.74, 6) is 1.32. The Morgan fingerprint density at radius 3 is 1.92 bits per heavy atom. The Hall–Kier alpha value is -3.07. The molecule has 1 N–H and O–H groups in total. The van der Waals surface area contributed by atoms with E-state index in [1.54, 1.807) is 24.3 Å². The number of benzene rings is 3. The van der Waals surface area contributed by atoms with Crippen LogP contribution in [0.1, 0.15) is 36.7 Å². The number of carbonyl (C=O) groups excluding carboxylic acids is 1. The summed E-state index contributed by atoms with van der Waals surface area (Å²) in [7, 11) is 0. The van der Waals surface area contributed by atoms with Crippen LogP contribution in [-0.4, -0.2) is 5.91 Å². The first-order valence-corrected chi connectivity index (χ1v) is 8.67. The highest BCUT2D eigenvalue weighted by atomic mass is 16.5. The van der Waals surface area contributed by atoms with Gasteiger partial charge in [-0.15, -0.1) is 0 Å². The molecule has 3 heteroatoms. The summed E-state index contributed by atoms with van der Waals surface area (Å²) >= 11 is 0. The van der Waals surface area contributed by atoms with Gasteiger partial charge in [0.25, 0.3) is 5.91 Å². The first-order chi connectivity index (χ1) is 12.4. The van der Waals surface area contributed by atoms with Crippen LogP contribution in [0.4, 0.5) is 5.69 Å². The molecule has 0 saturated carbocycles. The average Bonchev–Trinajstić information content (AvgIpc) is 2.63. The van der Waals surface area contributed by atoms with Gasteiger partial charge in [0.1, 0.15) is 11.5 Å². The summed E-state index contributed by atoms with van der Waals surface area (Å²) in [4.78, 5) is 12.4. The minimum absolute atomic E-state index is 0.0944. The fourth-order valence-electron chi connectivity index (χ4n) is 2.56. The van der Waals surface area contributed by atoms with E-state index in [-0.39, 0.29) is 11.3 Å². The molecule has 132 valence electrons. The van der Waals surface area contributed by atoms with Crippen LogP contribution in [0.15, 0.2) is 78.9 Å². The maximum Gasteiger partial charge on any atom is 0.255 e. The largest absolute Gasteiger partial charge is 0.457 e. The molecule has 0 atom stereocenters. The van der Waals surface area contributed by atoms with Gasteiger partial charge in [-0.05, 0) is 59.5 Å². The second-order valence-electron chi connectivity index (χ2n) is 7.22. The van der Waals surface area contributed by atoms with E-state index in [2.05, 4.69) is 26.1 Å². The number of ether oxygens (including phenoxy) is 1. The molecule has 0 aliphatic carbocycles. The van der Waals surface area contributed by atoms with Crippen molar-refractivity contribution in [3.63, 3.8) is 0 Å². The van der Waals surface area contributed by atoms with Gasteiger partial charge in [0.05, 0.1) is 0 Å². The van der Waals surface area contributed by atoms with Crippen molar-refractivity contribution in [2.75, 3.05) is 5.32 Å². The topological polar surface area (TPSA) is 38.3 Å². The highest BCUT2D eigenvalue weighted by Crippen LogP contribution is 2.24. The number of anilines is 1. The highest BCUT2D eigenvalue weighted by Gasteiger charge is 2.13. The Kier molecular flexibility index (Phi) is 5.08. The smallest absolute Gasteiger partial charge is 0.255 e. The summed E-state index contributed by atoms with van der Waals surface area (Å²) in [6.07, 6.45) is 0. The van der Waals surface area contributed by atoms with E-state index in [0.29, 0.717) is 11.3 Å². The molecule has 0 aromatic heterocycles. The molecule has 3 rings (SSSR count). The van der Waals surface area contributed by atoms with Crippen molar-refractivity contribution in [1.82, 2.24) is 0 Å². The lowest BCUT2D eigenvalue weighted by Crippen LogP contribution is -2.13. The van der Waals surface area contributed by atoms with Gasteiger partial charge in [0.15, 0.2) is 0 Å². The maximum atomic E-state index is 12.4.